The first-order valence-electron chi connectivity index (χ1n) is 3.95. The Bertz CT molecular complexity index is 152. The summed E-state index contributed by atoms with van der Waals surface area (Å²) in [4.78, 5) is 0. The highest BCUT2D eigenvalue weighted by atomic mass is 16.3. The van der Waals surface area contributed by atoms with E-state index >= 15 is 0 Å². The summed E-state index contributed by atoms with van der Waals surface area (Å²) in [5.74, 6) is 6.15. The van der Waals surface area contributed by atoms with Crippen molar-refractivity contribution in [1.29, 1.82) is 0 Å². The third-order valence-corrected chi connectivity index (χ3v) is 2.06. The molecular formula is C9H14O. The topological polar surface area (TPSA) is 20.2 Å². The molecule has 56 valence electrons. The van der Waals surface area contributed by atoms with Gasteiger partial charge in [-0.1, -0.05) is 18.8 Å². The van der Waals surface area contributed by atoms with E-state index in [1.807, 2.05) is 6.92 Å². The Morgan fingerprint density at radius 2 is 2.00 bits per heavy atom. The van der Waals surface area contributed by atoms with Crippen LogP contribution in [0.15, 0.2) is 0 Å². The van der Waals surface area contributed by atoms with Gasteiger partial charge in [-0.25, -0.2) is 0 Å². The van der Waals surface area contributed by atoms with Crippen molar-refractivity contribution in [2.75, 3.05) is 0 Å². The SMILES string of the molecule is CC#C[C@H]1CCCC[C@H]1O. The molecule has 1 nitrogen and oxygen atoms in total. The molecule has 0 spiro atoms. The summed E-state index contributed by atoms with van der Waals surface area (Å²) in [6, 6.07) is 0. The zero-order valence-corrected chi connectivity index (χ0v) is 6.43. The quantitative estimate of drug-likeness (QED) is 0.504. The highest BCUT2D eigenvalue weighted by molar-refractivity contribution is 5.04. The minimum Gasteiger partial charge on any atom is -0.392 e. The average molecular weight is 138 g/mol. The van der Waals surface area contributed by atoms with E-state index in [0.29, 0.717) is 0 Å². The second kappa shape index (κ2) is 3.63. The minimum atomic E-state index is -0.152. The van der Waals surface area contributed by atoms with E-state index in [9.17, 15) is 5.11 Å². The molecule has 0 aromatic rings. The monoisotopic (exact) mass is 138 g/mol. The lowest BCUT2D eigenvalue weighted by Crippen LogP contribution is -2.22. The normalized spacial score (nSPS) is 32.6. The van der Waals surface area contributed by atoms with Gasteiger partial charge in [0.05, 0.1) is 6.10 Å². The van der Waals surface area contributed by atoms with Crippen molar-refractivity contribution < 1.29 is 5.11 Å². The molecule has 0 aliphatic heterocycles. The maximum atomic E-state index is 9.40. The lowest BCUT2D eigenvalue weighted by Gasteiger charge is -2.22. The van der Waals surface area contributed by atoms with E-state index in [4.69, 9.17) is 0 Å². The number of aliphatic hydroxyl groups is 1. The van der Waals surface area contributed by atoms with Crippen LogP contribution in [-0.2, 0) is 0 Å². The molecule has 1 heteroatoms. The molecule has 0 aromatic carbocycles. The second-order valence-electron chi connectivity index (χ2n) is 2.85. The summed E-state index contributed by atoms with van der Waals surface area (Å²) in [6.45, 7) is 1.83. The molecule has 0 unspecified atom stereocenters. The molecule has 0 aromatic heterocycles. The van der Waals surface area contributed by atoms with Crippen LogP contribution in [0.1, 0.15) is 32.6 Å². The smallest absolute Gasteiger partial charge is 0.0677 e. The van der Waals surface area contributed by atoms with Crippen LogP contribution in [0.5, 0.6) is 0 Å². The van der Waals surface area contributed by atoms with Gasteiger partial charge in [0, 0.05) is 5.92 Å². The minimum absolute atomic E-state index is 0.152. The molecule has 0 amide bonds. The van der Waals surface area contributed by atoms with Crippen molar-refractivity contribution in [2.45, 2.75) is 38.7 Å². The van der Waals surface area contributed by atoms with E-state index in [1.165, 1.54) is 12.8 Å². The summed E-state index contributed by atoms with van der Waals surface area (Å²) >= 11 is 0. The Morgan fingerprint density at radius 3 is 2.60 bits per heavy atom. The van der Waals surface area contributed by atoms with E-state index in [1.54, 1.807) is 0 Å². The largest absolute Gasteiger partial charge is 0.392 e. The number of aliphatic hydroxyl groups excluding tert-OH is 1. The van der Waals surface area contributed by atoms with E-state index in [0.717, 1.165) is 12.8 Å². The molecule has 1 aliphatic carbocycles. The molecule has 0 heterocycles. The van der Waals surface area contributed by atoms with Gasteiger partial charge in [-0.05, 0) is 19.8 Å². The van der Waals surface area contributed by atoms with Crippen LogP contribution in [-0.4, -0.2) is 11.2 Å². The molecule has 1 saturated carbocycles. The number of hydrogen-bond acceptors (Lipinski definition) is 1. The molecular weight excluding hydrogens is 124 g/mol. The third kappa shape index (κ3) is 1.75. The molecule has 1 fully saturated rings. The van der Waals surface area contributed by atoms with Gasteiger partial charge in [-0.2, -0.15) is 0 Å². The van der Waals surface area contributed by atoms with E-state index in [2.05, 4.69) is 11.8 Å². The third-order valence-electron chi connectivity index (χ3n) is 2.06. The summed E-state index contributed by atoms with van der Waals surface area (Å²) in [5.41, 5.74) is 0. The first-order chi connectivity index (χ1) is 4.84. The molecule has 1 aliphatic rings. The van der Waals surface area contributed by atoms with Crippen molar-refractivity contribution in [1.82, 2.24) is 0 Å². The Morgan fingerprint density at radius 1 is 1.30 bits per heavy atom. The predicted molar refractivity (Wildman–Crippen MR) is 41.4 cm³/mol. The van der Waals surface area contributed by atoms with Crippen molar-refractivity contribution in [2.24, 2.45) is 5.92 Å². The summed E-state index contributed by atoms with van der Waals surface area (Å²) in [7, 11) is 0. The molecule has 10 heavy (non-hydrogen) atoms. The molecule has 1 N–H and O–H groups in total. The van der Waals surface area contributed by atoms with Gasteiger partial charge < -0.3 is 5.11 Å². The highest BCUT2D eigenvalue weighted by Gasteiger charge is 2.20. The number of rotatable bonds is 0. The van der Waals surface area contributed by atoms with Gasteiger partial charge in [0.25, 0.3) is 0 Å². The van der Waals surface area contributed by atoms with Gasteiger partial charge in [-0.3, -0.25) is 0 Å². The van der Waals surface area contributed by atoms with Crippen molar-refractivity contribution in [3.05, 3.63) is 0 Å². The molecule has 1 rings (SSSR count). The standard InChI is InChI=1S/C9H14O/c1-2-5-8-6-3-4-7-9(8)10/h8-10H,3-4,6-7H2,1H3/t8-,9+/m0/s1. The van der Waals surface area contributed by atoms with E-state index in [-0.39, 0.29) is 12.0 Å². The summed E-state index contributed by atoms with van der Waals surface area (Å²) < 4.78 is 0. The van der Waals surface area contributed by atoms with Gasteiger partial charge in [0.2, 0.25) is 0 Å². The Balaban J connectivity index is 2.45. The van der Waals surface area contributed by atoms with Crippen LogP contribution < -0.4 is 0 Å². The zero-order valence-electron chi connectivity index (χ0n) is 6.43. The van der Waals surface area contributed by atoms with Crippen LogP contribution in [0.3, 0.4) is 0 Å². The Hall–Kier alpha value is -0.480. The van der Waals surface area contributed by atoms with Crippen molar-refractivity contribution in [3.8, 4) is 11.8 Å². The molecule has 0 radical (unpaired) electrons. The molecule has 0 bridgehead atoms. The zero-order chi connectivity index (χ0) is 7.40. The fourth-order valence-corrected chi connectivity index (χ4v) is 1.47. The van der Waals surface area contributed by atoms with Gasteiger partial charge in [0.1, 0.15) is 0 Å². The van der Waals surface area contributed by atoms with Crippen LogP contribution >= 0.6 is 0 Å². The van der Waals surface area contributed by atoms with Crippen LogP contribution in [0, 0.1) is 17.8 Å². The fraction of sp³-hybridized carbons (Fsp3) is 0.778. The Kier molecular flexibility index (Phi) is 2.77. The second-order valence-corrected chi connectivity index (χ2v) is 2.85. The molecule has 0 saturated heterocycles. The van der Waals surface area contributed by atoms with Gasteiger partial charge in [-0.15, -0.1) is 5.92 Å². The lowest BCUT2D eigenvalue weighted by molar-refractivity contribution is 0.0970. The fourth-order valence-electron chi connectivity index (χ4n) is 1.47. The average Bonchev–Trinajstić information content (AvgIpc) is 1.94. The molecule has 2 atom stereocenters. The number of hydrogen-bond donors (Lipinski definition) is 1. The van der Waals surface area contributed by atoms with Crippen molar-refractivity contribution in [3.63, 3.8) is 0 Å². The van der Waals surface area contributed by atoms with Crippen LogP contribution in [0.25, 0.3) is 0 Å². The highest BCUT2D eigenvalue weighted by Crippen LogP contribution is 2.23. The van der Waals surface area contributed by atoms with Crippen LogP contribution in [0.4, 0.5) is 0 Å². The maximum Gasteiger partial charge on any atom is 0.0677 e. The summed E-state index contributed by atoms with van der Waals surface area (Å²) in [6.07, 6.45) is 4.28. The first kappa shape index (κ1) is 7.63. The van der Waals surface area contributed by atoms with Gasteiger partial charge >= 0.3 is 0 Å². The van der Waals surface area contributed by atoms with E-state index < -0.39 is 0 Å². The maximum absolute atomic E-state index is 9.40. The lowest BCUT2D eigenvalue weighted by atomic mass is 9.87. The summed E-state index contributed by atoms with van der Waals surface area (Å²) in [5, 5.41) is 9.40. The predicted octanol–water partition coefficient (Wildman–Crippen LogP) is 1.56. The van der Waals surface area contributed by atoms with Crippen LogP contribution in [0.2, 0.25) is 0 Å². The van der Waals surface area contributed by atoms with Crippen molar-refractivity contribution >= 4 is 0 Å². The first-order valence-corrected chi connectivity index (χ1v) is 3.95. The van der Waals surface area contributed by atoms with Gasteiger partial charge in [0.15, 0.2) is 0 Å². The Labute approximate surface area is 62.4 Å².